The molecule has 0 unspecified atom stereocenters. The molecule has 40 heavy (non-hydrogen) atoms. The van der Waals surface area contributed by atoms with Crippen LogP contribution in [0.5, 0.6) is 0 Å². The van der Waals surface area contributed by atoms with Crippen LogP contribution in [0.25, 0.3) is 0 Å². The van der Waals surface area contributed by atoms with E-state index in [2.05, 4.69) is 0 Å². The largest absolute Gasteiger partial charge is 0.465 e. The Kier molecular flexibility index (Phi) is 11.7. The van der Waals surface area contributed by atoms with Gasteiger partial charge in [0.25, 0.3) is 0 Å². The van der Waals surface area contributed by atoms with Gasteiger partial charge < -0.3 is 20.8 Å². The molecule has 0 aliphatic rings. The molecule has 0 saturated heterocycles. The van der Waals surface area contributed by atoms with E-state index in [-0.39, 0.29) is 6.42 Å². The first kappa shape index (κ1) is 37.4. The minimum Gasteiger partial charge on any atom is -0.465 e. The van der Waals surface area contributed by atoms with Crippen LogP contribution < -0.4 is 10.6 Å². The van der Waals surface area contributed by atoms with Crippen molar-refractivity contribution < 1.29 is 90.0 Å². The van der Waals surface area contributed by atoms with Gasteiger partial charge in [0.2, 0.25) is 0 Å². The molecule has 0 radical (unpaired) electrons. The van der Waals surface area contributed by atoms with Gasteiger partial charge in [-0.2, -0.15) is 52.7 Å². The van der Waals surface area contributed by atoms with Gasteiger partial charge in [0.05, 0.1) is 5.54 Å². The summed E-state index contributed by atoms with van der Waals surface area (Å²) >= 11 is 0. The number of alkyl halides is 16. The van der Waals surface area contributed by atoms with Crippen LogP contribution in [0.4, 0.5) is 79.8 Å². The molecule has 0 aliphatic heterocycles. The molecule has 6 nitrogen and oxygen atoms in total. The smallest absolute Gasteiger partial charge is 0.405 e. The average Bonchev–Trinajstić information content (AvgIpc) is 2.73. The molecule has 0 aromatic carbocycles. The van der Waals surface area contributed by atoms with Gasteiger partial charge in [0.1, 0.15) is 0 Å². The summed E-state index contributed by atoms with van der Waals surface area (Å²) in [6.07, 6.45) is -26.1. The SMILES string of the molecule is O=C(O)NCCCCCC(CC(F)(F)C(F)(F)C(F)(F)C(F)F)(CC(F)(F)C(F)(F)C(F)(F)C(F)F)NC(=O)O. The van der Waals surface area contributed by atoms with Gasteiger partial charge in [0.15, 0.2) is 0 Å². The molecule has 0 aromatic rings. The van der Waals surface area contributed by atoms with Crippen LogP contribution in [-0.4, -0.2) is 82.9 Å². The maximum atomic E-state index is 14.4. The molecule has 0 aliphatic carbocycles. The summed E-state index contributed by atoms with van der Waals surface area (Å²) < 4.78 is 216. The molecule has 0 rings (SSSR count). The van der Waals surface area contributed by atoms with E-state index < -0.39 is 105 Å². The summed E-state index contributed by atoms with van der Waals surface area (Å²) in [6.45, 7) is -0.488. The molecule has 22 heteroatoms. The zero-order valence-corrected chi connectivity index (χ0v) is 19.4. The van der Waals surface area contributed by atoms with Crippen LogP contribution >= 0.6 is 0 Å². The maximum absolute atomic E-state index is 14.4. The number of hydrogen-bond acceptors (Lipinski definition) is 2. The van der Waals surface area contributed by atoms with Crippen LogP contribution in [0, 0.1) is 0 Å². The van der Waals surface area contributed by atoms with Crippen molar-refractivity contribution >= 4 is 12.2 Å². The first-order chi connectivity index (χ1) is 17.6. The summed E-state index contributed by atoms with van der Waals surface area (Å²) in [5, 5.41) is 19.6. The van der Waals surface area contributed by atoms with Gasteiger partial charge >= 0.3 is 60.6 Å². The number of carboxylic acid groups (broad SMARTS) is 2. The zero-order chi connectivity index (χ0) is 32.2. The fraction of sp³-hybridized carbons (Fsp3) is 0.889. The molecule has 2 amide bonds. The first-order valence-electron chi connectivity index (χ1n) is 10.4. The molecule has 238 valence electrons. The molecule has 4 N–H and O–H groups in total. The highest BCUT2D eigenvalue weighted by Crippen LogP contribution is 2.56. The van der Waals surface area contributed by atoms with E-state index in [1.165, 1.54) is 0 Å². The van der Waals surface area contributed by atoms with Gasteiger partial charge in [0, 0.05) is 19.4 Å². The van der Waals surface area contributed by atoms with Crippen LogP contribution in [0.2, 0.25) is 0 Å². The summed E-state index contributed by atoms with van der Waals surface area (Å²) in [5.41, 5.74) is -4.25. The maximum Gasteiger partial charge on any atom is 0.405 e. The normalized spacial score (nSPS) is 14.6. The Morgan fingerprint density at radius 2 is 0.975 bits per heavy atom. The molecule has 0 bridgehead atoms. The van der Waals surface area contributed by atoms with Crippen LogP contribution in [0.15, 0.2) is 0 Å². The summed E-state index contributed by atoms with van der Waals surface area (Å²) in [6, 6.07) is 0. The highest BCUT2D eigenvalue weighted by Gasteiger charge is 2.79. The fourth-order valence-corrected chi connectivity index (χ4v) is 3.41. The highest BCUT2D eigenvalue weighted by molar-refractivity contribution is 5.65. The molecular formula is C18H20F16N2O4. The lowest BCUT2D eigenvalue weighted by atomic mass is 9.77. The number of unbranched alkanes of at least 4 members (excludes halogenated alkanes) is 2. The van der Waals surface area contributed by atoms with Gasteiger partial charge in [-0.1, -0.05) is 12.8 Å². The second-order valence-corrected chi connectivity index (χ2v) is 8.51. The topological polar surface area (TPSA) is 98.7 Å². The monoisotopic (exact) mass is 632 g/mol. The fourth-order valence-electron chi connectivity index (χ4n) is 3.41. The van der Waals surface area contributed by atoms with Gasteiger partial charge in [-0.25, -0.2) is 27.2 Å². The van der Waals surface area contributed by atoms with Crippen molar-refractivity contribution in [3.8, 4) is 0 Å². The molecule has 0 atom stereocenters. The van der Waals surface area contributed by atoms with E-state index in [1.54, 1.807) is 5.32 Å². The number of nitrogens with one attached hydrogen (secondary N) is 2. The number of rotatable bonds is 17. The third-order valence-electron chi connectivity index (χ3n) is 5.41. The van der Waals surface area contributed by atoms with E-state index in [0.717, 1.165) is 0 Å². The predicted molar refractivity (Wildman–Crippen MR) is 99.3 cm³/mol. The van der Waals surface area contributed by atoms with Crippen LogP contribution in [-0.2, 0) is 0 Å². The van der Waals surface area contributed by atoms with Gasteiger partial charge in [-0.05, 0) is 12.8 Å². The van der Waals surface area contributed by atoms with Crippen LogP contribution in [0.3, 0.4) is 0 Å². The first-order valence-corrected chi connectivity index (χ1v) is 10.4. The summed E-state index contributed by atoms with van der Waals surface area (Å²) in [7, 11) is 0. The number of carbonyl (C=O) groups is 2. The van der Waals surface area contributed by atoms with Crippen molar-refractivity contribution in [3.63, 3.8) is 0 Å². The van der Waals surface area contributed by atoms with E-state index in [4.69, 9.17) is 10.2 Å². The Morgan fingerprint density at radius 1 is 0.600 bits per heavy atom. The summed E-state index contributed by atoms with van der Waals surface area (Å²) in [5.74, 6) is -41.6. The number of hydrogen-bond donors (Lipinski definition) is 4. The van der Waals surface area contributed by atoms with Crippen LogP contribution in [0.1, 0.15) is 38.5 Å². The molecule has 0 saturated carbocycles. The van der Waals surface area contributed by atoms with Crippen molar-refractivity contribution in [1.29, 1.82) is 0 Å². The number of halogens is 16. The van der Waals surface area contributed by atoms with Gasteiger partial charge in [-0.15, -0.1) is 0 Å². The second-order valence-electron chi connectivity index (χ2n) is 8.51. The van der Waals surface area contributed by atoms with E-state index >= 15 is 0 Å². The lowest BCUT2D eigenvalue weighted by Crippen LogP contribution is -2.65. The minimum atomic E-state index is -7.20. The third kappa shape index (κ3) is 8.00. The highest BCUT2D eigenvalue weighted by atomic mass is 19.4. The molecular weight excluding hydrogens is 612 g/mol. The molecule has 0 fully saturated rings. The van der Waals surface area contributed by atoms with Crippen molar-refractivity contribution in [2.24, 2.45) is 0 Å². The predicted octanol–water partition coefficient (Wildman–Crippen LogP) is 6.94. The quantitative estimate of drug-likeness (QED) is 0.103. The Balaban J connectivity index is 6.78. The Labute approximate surface area is 213 Å². The Hall–Kier alpha value is -2.58. The van der Waals surface area contributed by atoms with Crippen molar-refractivity contribution in [3.05, 3.63) is 0 Å². The lowest BCUT2D eigenvalue weighted by Gasteiger charge is -2.43. The minimum absolute atomic E-state index is 0.374. The lowest BCUT2D eigenvalue weighted by molar-refractivity contribution is -0.351. The van der Waals surface area contributed by atoms with Crippen molar-refractivity contribution in [2.45, 2.75) is 92.4 Å². The van der Waals surface area contributed by atoms with E-state index in [1.807, 2.05) is 0 Å². The Morgan fingerprint density at radius 3 is 1.27 bits per heavy atom. The third-order valence-corrected chi connectivity index (χ3v) is 5.41. The van der Waals surface area contributed by atoms with E-state index in [0.29, 0.717) is 5.32 Å². The second kappa shape index (κ2) is 12.5. The van der Waals surface area contributed by atoms with Crippen molar-refractivity contribution in [1.82, 2.24) is 10.6 Å². The zero-order valence-electron chi connectivity index (χ0n) is 19.4. The summed E-state index contributed by atoms with van der Waals surface area (Å²) in [4.78, 5) is 21.5. The van der Waals surface area contributed by atoms with Crippen molar-refractivity contribution in [2.75, 3.05) is 6.54 Å². The molecule has 0 heterocycles. The Bertz CT molecular complexity index is 823. The van der Waals surface area contributed by atoms with Gasteiger partial charge in [-0.3, -0.25) is 0 Å². The average molecular weight is 632 g/mol. The molecule has 0 spiro atoms. The van der Waals surface area contributed by atoms with E-state index in [9.17, 15) is 79.8 Å². The standard InChI is InChI=1S/C18H20F16N2O4/c19-8(20)15(27,28)17(31,32)13(23,24)6-12(36-11(39)40,4-2-1-3-5-35-10(37)38)7-14(25,26)18(33,34)16(29,30)9(21)22/h8-9,35-36H,1-7H2,(H,37,38)(H,39,40). The number of amides is 2. The molecule has 0 aromatic heterocycles.